The molecule has 2 rings (SSSR count). The lowest BCUT2D eigenvalue weighted by Crippen LogP contribution is -1.99. The van der Waals surface area contributed by atoms with E-state index in [1.165, 1.54) is 12.1 Å². The van der Waals surface area contributed by atoms with Crippen LogP contribution >= 0.6 is 39.1 Å². The number of nitrogens with zero attached hydrogens (tertiary/aromatic N) is 2. The second-order valence-corrected chi connectivity index (χ2v) is 5.53. The Morgan fingerprint density at radius 3 is 2.63 bits per heavy atom. The third-order valence-corrected chi connectivity index (χ3v) is 4.19. The molecule has 1 heterocycles. The molecule has 0 amide bonds. The molecular weight excluding hydrogens is 354 g/mol. The van der Waals surface area contributed by atoms with Crippen LogP contribution in [0.4, 0.5) is 4.39 Å². The average molecular weight is 364 g/mol. The molecule has 0 aliphatic rings. The van der Waals surface area contributed by atoms with Crippen LogP contribution in [0, 0.1) is 5.82 Å². The van der Waals surface area contributed by atoms with Gasteiger partial charge in [0.25, 0.3) is 0 Å². The number of halogens is 4. The van der Waals surface area contributed by atoms with Crippen LogP contribution in [0.5, 0.6) is 0 Å². The van der Waals surface area contributed by atoms with Crippen molar-refractivity contribution in [2.45, 2.75) is 19.8 Å². The van der Waals surface area contributed by atoms with E-state index in [-0.39, 0.29) is 5.02 Å². The fraction of sp³-hybridized carbons (Fsp3) is 0.231. The van der Waals surface area contributed by atoms with Crippen LogP contribution < -0.4 is 0 Å². The van der Waals surface area contributed by atoms with Crippen molar-refractivity contribution in [2.24, 2.45) is 0 Å². The minimum Gasteiger partial charge on any atom is -0.232 e. The van der Waals surface area contributed by atoms with E-state index in [0.29, 0.717) is 21.0 Å². The average Bonchev–Trinajstić information content (AvgIpc) is 2.35. The number of hydrogen-bond acceptors (Lipinski definition) is 2. The maximum atomic E-state index is 13.0. The first-order valence-corrected chi connectivity index (χ1v) is 7.25. The van der Waals surface area contributed by atoms with E-state index in [9.17, 15) is 4.39 Å². The smallest absolute Gasteiger partial charge is 0.162 e. The third kappa shape index (κ3) is 3.25. The summed E-state index contributed by atoms with van der Waals surface area (Å²) in [6.07, 6.45) is 1.71. The Labute approximate surface area is 129 Å². The lowest BCUT2D eigenvalue weighted by Gasteiger charge is -2.08. The van der Waals surface area contributed by atoms with Crippen molar-refractivity contribution in [2.75, 3.05) is 0 Å². The maximum absolute atomic E-state index is 13.0. The molecule has 2 aromatic rings. The minimum absolute atomic E-state index is 0.265. The normalized spacial score (nSPS) is 10.8. The molecule has 0 saturated carbocycles. The second-order valence-electron chi connectivity index (χ2n) is 3.97. The van der Waals surface area contributed by atoms with Crippen LogP contribution in [0.25, 0.3) is 11.4 Å². The van der Waals surface area contributed by atoms with E-state index in [2.05, 4.69) is 25.9 Å². The van der Waals surface area contributed by atoms with Gasteiger partial charge >= 0.3 is 0 Å². The van der Waals surface area contributed by atoms with E-state index in [1.807, 2.05) is 6.92 Å². The van der Waals surface area contributed by atoms with Crippen molar-refractivity contribution in [3.05, 3.63) is 44.4 Å². The first-order valence-electron chi connectivity index (χ1n) is 5.70. The number of aryl methyl sites for hydroxylation is 1. The van der Waals surface area contributed by atoms with Gasteiger partial charge in [-0.05, 0) is 40.5 Å². The molecule has 19 heavy (non-hydrogen) atoms. The summed E-state index contributed by atoms with van der Waals surface area (Å²) in [5.74, 6) is 0.00684. The van der Waals surface area contributed by atoms with Gasteiger partial charge in [-0.15, -0.1) is 0 Å². The summed E-state index contributed by atoms with van der Waals surface area (Å²) in [6.45, 7) is 2.05. The van der Waals surface area contributed by atoms with Crippen molar-refractivity contribution in [3.63, 3.8) is 0 Å². The Balaban J connectivity index is 2.56. The van der Waals surface area contributed by atoms with Gasteiger partial charge in [-0.1, -0.05) is 36.5 Å². The van der Waals surface area contributed by atoms with Gasteiger partial charge in [-0.2, -0.15) is 0 Å². The summed E-state index contributed by atoms with van der Waals surface area (Å²) in [5, 5.41) is 0.592. The fourth-order valence-corrected chi connectivity index (χ4v) is 2.47. The van der Waals surface area contributed by atoms with Crippen LogP contribution in [-0.2, 0) is 6.42 Å². The Kier molecular flexibility index (Phi) is 4.76. The summed E-state index contributed by atoms with van der Waals surface area (Å²) in [7, 11) is 0. The number of benzene rings is 1. The van der Waals surface area contributed by atoms with Gasteiger partial charge in [0.05, 0.1) is 15.2 Å². The molecule has 1 aromatic heterocycles. The van der Waals surface area contributed by atoms with Crippen molar-refractivity contribution in [3.8, 4) is 11.4 Å². The van der Waals surface area contributed by atoms with Crippen LogP contribution in [0.1, 0.15) is 19.0 Å². The minimum atomic E-state index is -0.397. The second kappa shape index (κ2) is 6.16. The lowest BCUT2D eigenvalue weighted by atomic mass is 10.2. The zero-order valence-corrected chi connectivity index (χ0v) is 13.2. The van der Waals surface area contributed by atoms with Gasteiger partial charge in [-0.25, -0.2) is 14.4 Å². The largest absolute Gasteiger partial charge is 0.232 e. The maximum Gasteiger partial charge on any atom is 0.162 e. The van der Waals surface area contributed by atoms with Gasteiger partial charge < -0.3 is 0 Å². The molecule has 0 bridgehead atoms. The van der Waals surface area contributed by atoms with E-state index < -0.39 is 5.82 Å². The van der Waals surface area contributed by atoms with Gasteiger partial charge in [0, 0.05) is 5.56 Å². The van der Waals surface area contributed by atoms with Crippen molar-refractivity contribution in [1.82, 2.24) is 9.97 Å². The van der Waals surface area contributed by atoms with Crippen molar-refractivity contribution < 1.29 is 4.39 Å². The predicted octanol–water partition coefficient (Wildman–Crippen LogP) is 5.30. The highest BCUT2D eigenvalue weighted by Crippen LogP contribution is 2.31. The number of rotatable bonds is 3. The molecule has 0 aliphatic heterocycles. The number of hydrogen-bond donors (Lipinski definition) is 0. The molecule has 0 saturated heterocycles. The van der Waals surface area contributed by atoms with E-state index in [1.54, 1.807) is 6.07 Å². The molecule has 0 unspecified atom stereocenters. The highest BCUT2D eigenvalue weighted by atomic mass is 79.9. The Morgan fingerprint density at radius 1 is 1.26 bits per heavy atom. The SMILES string of the molecule is CCCc1nc(-c2ccc(F)cc2Cl)nc(Cl)c1Br. The van der Waals surface area contributed by atoms with E-state index in [0.717, 1.165) is 18.5 Å². The molecule has 0 N–H and O–H groups in total. The molecule has 0 fully saturated rings. The zero-order chi connectivity index (χ0) is 14.0. The summed E-state index contributed by atoms with van der Waals surface area (Å²) in [6, 6.07) is 4.10. The topological polar surface area (TPSA) is 25.8 Å². The molecule has 0 aliphatic carbocycles. The van der Waals surface area contributed by atoms with Crippen molar-refractivity contribution >= 4 is 39.1 Å². The molecule has 0 radical (unpaired) electrons. The Hall–Kier alpha value is -0.710. The third-order valence-electron chi connectivity index (χ3n) is 2.54. The monoisotopic (exact) mass is 362 g/mol. The lowest BCUT2D eigenvalue weighted by molar-refractivity contribution is 0.628. The zero-order valence-electron chi connectivity index (χ0n) is 10.1. The molecule has 0 atom stereocenters. The molecule has 6 heteroatoms. The van der Waals surface area contributed by atoms with Crippen LogP contribution in [-0.4, -0.2) is 9.97 Å². The molecule has 100 valence electrons. The summed E-state index contributed by atoms with van der Waals surface area (Å²) < 4.78 is 13.7. The first kappa shape index (κ1) is 14.7. The first-order chi connectivity index (χ1) is 9.02. The Morgan fingerprint density at radius 2 is 2.00 bits per heavy atom. The molecular formula is C13H10BrCl2FN2. The number of aromatic nitrogens is 2. The van der Waals surface area contributed by atoms with Crippen molar-refractivity contribution in [1.29, 1.82) is 0 Å². The van der Waals surface area contributed by atoms with E-state index >= 15 is 0 Å². The molecule has 1 aromatic carbocycles. The summed E-state index contributed by atoms with van der Waals surface area (Å²) in [4.78, 5) is 8.61. The van der Waals surface area contributed by atoms with Gasteiger partial charge in [0.2, 0.25) is 0 Å². The quantitative estimate of drug-likeness (QED) is 0.691. The summed E-state index contributed by atoms with van der Waals surface area (Å²) >= 11 is 15.5. The molecule has 2 nitrogen and oxygen atoms in total. The van der Waals surface area contributed by atoms with Crippen LogP contribution in [0.3, 0.4) is 0 Å². The fourth-order valence-electron chi connectivity index (χ4n) is 1.66. The standard InChI is InChI=1S/C13H10BrCl2FN2/c1-2-3-10-11(14)12(16)19-13(18-10)8-5-4-7(17)6-9(8)15/h4-6H,2-3H2,1H3. The highest BCUT2D eigenvalue weighted by Gasteiger charge is 2.14. The Bertz CT molecular complexity index is 620. The van der Waals surface area contributed by atoms with E-state index in [4.69, 9.17) is 23.2 Å². The van der Waals surface area contributed by atoms with Gasteiger partial charge in [0.15, 0.2) is 5.82 Å². The van der Waals surface area contributed by atoms with Crippen LogP contribution in [0.15, 0.2) is 22.7 Å². The predicted molar refractivity (Wildman–Crippen MR) is 79.1 cm³/mol. The van der Waals surface area contributed by atoms with Crippen LogP contribution in [0.2, 0.25) is 10.2 Å². The highest BCUT2D eigenvalue weighted by molar-refractivity contribution is 9.10. The molecule has 0 spiro atoms. The van der Waals surface area contributed by atoms with Gasteiger partial charge in [-0.3, -0.25) is 0 Å². The van der Waals surface area contributed by atoms with Gasteiger partial charge in [0.1, 0.15) is 11.0 Å². The summed E-state index contributed by atoms with van der Waals surface area (Å²) in [5.41, 5.74) is 1.38.